The molecule has 3 N–H and O–H groups in total. The van der Waals surface area contributed by atoms with Gasteiger partial charge >= 0.3 is 6.01 Å². The van der Waals surface area contributed by atoms with Crippen molar-refractivity contribution in [2.45, 2.75) is 19.5 Å². The summed E-state index contributed by atoms with van der Waals surface area (Å²) in [6, 6.07) is 15.2. The highest BCUT2D eigenvalue weighted by Gasteiger charge is 2.24. The van der Waals surface area contributed by atoms with E-state index in [9.17, 15) is 5.11 Å². The maximum atomic E-state index is 9.83. The van der Waals surface area contributed by atoms with Crippen molar-refractivity contribution >= 4 is 11.5 Å². The Hall–Kier alpha value is -3.35. The maximum Gasteiger partial charge on any atom is 0.337 e. The second-order valence-electron chi connectivity index (χ2n) is 6.00. The average molecular weight is 349 g/mol. The lowest BCUT2D eigenvalue weighted by atomic mass is 10.1. The Morgan fingerprint density at radius 2 is 1.96 bits per heavy atom. The van der Waals surface area contributed by atoms with Crippen LogP contribution in [0.25, 0.3) is 11.3 Å². The molecule has 1 aliphatic rings. The van der Waals surface area contributed by atoms with Crippen molar-refractivity contribution in [1.82, 2.24) is 15.2 Å². The number of fused-ring (bicyclic) bond motifs is 3. The third-order valence-corrected chi connectivity index (χ3v) is 4.07. The Morgan fingerprint density at radius 1 is 1.08 bits per heavy atom. The van der Waals surface area contributed by atoms with Gasteiger partial charge in [-0.15, -0.1) is 5.10 Å². The molecule has 7 nitrogen and oxygen atoms in total. The van der Waals surface area contributed by atoms with E-state index in [1.807, 2.05) is 37.3 Å². The first-order valence-electron chi connectivity index (χ1n) is 8.53. The van der Waals surface area contributed by atoms with Gasteiger partial charge in [0.05, 0.1) is 6.61 Å². The lowest BCUT2D eigenvalue weighted by Gasteiger charge is -2.20. The van der Waals surface area contributed by atoms with Crippen molar-refractivity contribution in [3.05, 3.63) is 54.1 Å². The minimum Gasteiger partial charge on any atom is -0.508 e. The lowest BCUT2D eigenvalue weighted by molar-refractivity contribution is 0.288. The van der Waals surface area contributed by atoms with Crippen LogP contribution in [0.1, 0.15) is 25.1 Å². The van der Waals surface area contributed by atoms with Crippen LogP contribution in [0.4, 0.5) is 11.5 Å². The van der Waals surface area contributed by atoms with Gasteiger partial charge in [-0.1, -0.05) is 42.4 Å². The Kier molecular flexibility index (Phi) is 4.27. The summed E-state index contributed by atoms with van der Waals surface area (Å²) in [7, 11) is 0. The van der Waals surface area contributed by atoms with Crippen LogP contribution in [0.2, 0.25) is 0 Å². The standard InChI is InChI=1S/C19H19N5O2/c1-2-10-26-19-22-18-16(23-24-19)14-8-3-4-9-15(14)20-17(21-18)12-6-5-7-13(25)11-12/h3-9,11,17,20,25H,2,10H2,1H3,(H,21,22,24). The first kappa shape index (κ1) is 16.1. The number of rotatable bonds is 4. The summed E-state index contributed by atoms with van der Waals surface area (Å²) in [5.74, 6) is 0.786. The quantitative estimate of drug-likeness (QED) is 0.663. The van der Waals surface area contributed by atoms with Crippen molar-refractivity contribution in [2.24, 2.45) is 0 Å². The molecule has 0 aliphatic carbocycles. The molecule has 0 spiro atoms. The SMILES string of the molecule is CCCOc1nnc2c(n1)NC(c1cccc(O)c1)Nc1ccccc1-2. The van der Waals surface area contributed by atoms with E-state index < -0.39 is 0 Å². The minimum atomic E-state index is -0.291. The summed E-state index contributed by atoms with van der Waals surface area (Å²) in [4.78, 5) is 4.50. The lowest BCUT2D eigenvalue weighted by Crippen LogP contribution is -2.19. The number of ether oxygens (including phenoxy) is 1. The number of benzene rings is 2. The Morgan fingerprint density at radius 3 is 2.81 bits per heavy atom. The van der Waals surface area contributed by atoms with Gasteiger partial charge in [-0.25, -0.2) is 0 Å². The Labute approximate surface area is 151 Å². The first-order valence-corrected chi connectivity index (χ1v) is 8.53. The number of phenolic OH excluding ortho intramolecular Hbond substituents is 1. The molecule has 0 amide bonds. The molecule has 2 aromatic carbocycles. The molecule has 2 heterocycles. The van der Waals surface area contributed by atoms with Crippen LogP contribution in [0.5, 0.6) is 11.8 Å². The zero-order chi connectivity index (χ0) is 17.9. The van der Waals surface area contributed by atoms with Gasteiger partial charge in [-0.2, -0.15) is 4.98 Å². The number of anilines is 2. The topological polar surface area (TPSA) is 92.2 Å². The van der Waals surface area contributed by atoms with E-state index >= 15 is 0 Å². The van der Waals surface area contributed by atoms with Gasteiger partial charge in [-0.3, -0.25) is 0 Å². The van der Waals surface area contributed by atoms with Crippen molar-refractivity contribution in [3.8, 4) is 23.0 Å². The van der Waals surface area contributed by atoms with E-state index in [2.05, 4.69) is 25.8 Å². The van der Waals surface area contributed by atoms with Gasteiger partial charge < -0.3 is 20.5 Å². The van der Waals surface area contributed by atoms with Crippen molar-refractivity contribution in [1.29, 1.82) is 0 Å². The summed E-state index contributed by atoms with van der Waals surface area (Å²) in [5.41, 5.74) is 3.34. The van der Waals surface area contributed by atoms with Crippen molar-refractivity contribution in [2.75, 3.05) is 17.2 Å². The fourth-order valence-electron chi connectivity index (χ4n) is 2.86. The van der Waals surface area contributed by atoms with Gasteiger partial charge in [0.15, 0.2) is 5.82 Å². The summed E-state index contributed by atoms with van der Waals surface area (Å²) in [5, 5.41) is 25.0. The van der Waals surface area contributed by atoms with Gasteiger partial charge in [-0.05, 0) is 30.2 Å². The van der Waals surface area contributed by atoms with Crippen LogP contribution < -0.4 is 15.4 Å². The Balaban J connectivity index is 1.79. The number of phenols is 1. The smallest absolute Gasteiger partial charge is 0.337 e. The van der Waals surface area contributed by atoms with Crippen LogP contribution in [0.3, 0.4) is 0 Å². The van der Waals surface area contributed by atoms with Crippen LogP contribution in [0.15, 0.2) is 48.5 Å². The largest absolute Gasteiger partial charge is 0.508 e. The molecular formula is C19H19N5O2. The predicted octanol–water partition coefficient (Wildman–Crippen LogP) is 3.57. The molecule has 1 aliphatic heterocycles. The van der Waals surface area contributed by atoms with E-state index in [1.165, 1.54) is 0 Å². The average Bonchev–Trinajstić information content (AvgIpc) is 2.83. The molecule has 0 saturated carbocycles. The first-order chi connectivity index (χ1) is 12.7. The molecule has 1 aromatic heterocycles. The molecule has 132 valence electrons. The van der Waals surface area contributed by atoms with Gasteiger partial charge in [0.1, 0.15) is 17.6 Å². The van der Waals surface area contributed by atoms with Crippen LogP contribution in [0, 0.1) is 0 Å². The monoisotopic (exact) mass is 349 g/mol. The molecular weight excluding hydrogens is 330 g/mol. The second-order valence-corrected chi connectivity index (χ2v) is 6.00. The van der Waals surface area contributed by atoms with Gasteiger partial charge in [0.25, 0.3) is 0 Å². The highest BCUT2D eigenvalue weighted by atomic mass is 16.5. The van der Waals surface area contributed by atoms with Crippen LogP contribution in [-0.2, 0) is 0 Å². The zero-order valence-electron chi connectivity index (χ0n) is 14.3. The summed E-state index contributed by atoms with van der Waals surface area (Å²) < 4.78 is 5.52. The number of para-hydroxylation sites is 1. The van der Waals surface area contributed by atoms with Crippen molar-refractivity contribution < 1.29 is 9.84 Å². The van der Waals surface area contributed by atoms with E-state index in [1.54, 1.807) is 18.2 Å². The molecule has 0 fully saturated rings. The molecule has 1 atom stereocenters. The Bertz CT molecular complexity index is 931. The highest BCUT2D eigenvalue weighted by Crippen LogP contribution is 2.38. The predicted molar refractivity (Wildman–Crippen MR) is 99.1 cm³/mol. The third kappa shape index (κ3) is 3.11. The van der Waals surface area contributed by atoms with Gasteiger partial charge in [0.2, 0.25) is 0 Å². The molecule has 7 heteroatoms. The molecule has 3 aromatic rings. The minimum absolute atomic E-state index is 0.205. The number of aromatic nitrogens is 3. The molecule has 1 unspecified atom stereocenters. The third-order valence-electron chi connectivity index (χ3n) is 4.07. The summed E-state index contributed by atoms with van der Waals surface area (Å²) in [6.07, 6.45) is 0.574. The van der Waals surface area contributed by atoms with Gasteiger partial charge in [0, 0.05) is 11.3 Å². The second kappa shape index (κ2) is 6.87. The van der Waals surface area contributed by atoms with E-state index in [-0.39, 0.29) is 17.9 Å². The summed E-state index contributed by atoms with van der Waals surface area (Å²) >= 11 is 0. The maximum absolute atomic E-state index is 9.83. The van der Waals surface area contributed by atoms with Crippen LogP contribution >= 0.6 is 0 Å². The fourth-order valence-corrected chi connectivity index (χ4v) is 2.86. The van der Waals surface area contributed by atoms with E-state index in [0.29, 0.717) is 18.1 Å². The van der Waals surface area contributed by atoms with Crippen LogP contribution in [-0.4, -0.2) is 26.9 Å². The van der Waals surface area contributed by atoms with Crippen molar-refractivity contribution in [3.63, 3.8) is 0 Å². The molecule has 0 saturated heterocycles. The summed E-state index contributed by atoms with van der Waals surface area (Å²) in [6.45, 7) is 2.55. The number of nitrogens with one attached hydrogen (secondary N) is 2. The number of aromatic hydroxyl groups is 1. The normalized spacial score (nSPS) is 15.0. The highest BCUT2D eigenvalue weighted by molar-refractivity contribution is 5.84. The molecule has 26 heavy (non-hydrogen) atoms. The number of hydrogen-bond acceptors (Lipinski definition) is 7. The number of nitrogens with zero attached hydrogens (tertiary/aromatic N) is 3. The number of hydrogen-bond donors (Lipinski definition) is 3. The fraction of sp³-hybridized carbons (Fsp3) is 0.211. The molecule has 0 radical (unpaired) electrons. The molecule has 0 bridgehead atoms. The van der Waals surface area contributed by atoms with E-state index in [4.69, 9.17) is 4.74 Å². The van der Waals surface area contributed by atoms with E-state index in [0.717, 1.165) is 23.2 Å². The zero-order valence-corrected chi connectivity index (χ0v) is 14.3. The molecule has 4 rings (SSSR count).